The zero-order valence-corrected chi connectivity index (χ0v) is 10.3. The molecule has 16 heavy (non-hydrogen) atoms. The number of amides is 1. The lowest BCUT2D eigenvalue weighted by molar-refractivity contribution is 0.0520. The van der Waals surface area contributed by atoms with E-state index in [-0.39, 0.29) is 12.3 Å². The molecule has 0 aliphatic carbocycles. The Bertz CT molecular complexity index is 368. The van der Waals surface area contributed by atoms with E-state index in [9.17, 15) is 9.59 Å². The number of nitrogens with zero attached hydrogens (tertiary/aromatic N) is 1. The largest absolute Gasteiger partial charge is 0.444 e. The van der Waals surface area contributed by atoms with Crippen LogP contribution in [0.5, 0.6) is 0 Å². The molecular weight excluding hydrogens is 228 g/mol. The van der Waals surface area contributed by atoms with Gasteiger partial charge in [-0.25, -0.2) is 9.78 Å². The molecule has 1 N–H and O–H groups in total. The predicted molar refractivity (Wildman–Crippen MR) is 60.7 cm³/mol. The fourth-order valence-corrected chi connectivity index (χ4v) is 1.48. The number of carbonyl (C=O) groups is 2. The summed E-state index contributed by atoms with van der Waals surface area (Å²) >= 11 is 1.24. The summed E-state index contributed by atoms with van der Waals surface area (Å²) in [6.45, 7) is 5.18. The molecule has 0 atom stereocenters. The molecule has 1 aromatic rings. The maximum Gasteiger partial charge on any atom is 0.408 e. The monoisotopic (exact) mass is 242 g/mol. The van der Waals surface area contributed by atoms with Gasteiger partial charge in [-0.1, -0.05) is 0 Å². The third kappa shape index (κ3) is 4.39. The maximum atomic E-state index is 11.5. The quantitative estimate of drug-likeness (QED) is 0.821. The summed E-state index contributed by atoms with van der Waals surface area (Å²) in [4.78, 5) is 26.5. The van der Waals surface area contributed by atoms with E-state index in [1.165, 1.54) is 11.3 Å². The number of Topliss-reactive ketones (excluding diaryl/α,β-unsaturated/α-hetero) is 1. The first-order chi connectivity index (χ1) is 7.38. The van der Waals surface area contributed by atoms with Gasteiger partial charge in [0.25, 0.3) is 0 Å². The second kappa shape index (κ2) is 5.07. The van der Waals surface area contributed by atoms with Gasteiger partial charge in [-0.15, -0.1) is 11.3 Å². The highest BCUT2D eigenvalue weighted by Crippen LogP contribution is 2.07. The summed E-state index contributed by atoms with van der Waals surface area (Å²) in [5.74, 6) is -0.221. The summed E-state index contributed by atoms with van der Waals surface area (Å²) in [5, 5.41) is 4.48. The van der Waals surface area contributed by atoms with Crippen molar-refractivity contribution in [2.45, 2.75) is 26.4 Å². The summed E-state index contributed by atoms with van der Waals surface area (Å²) < 4.78 is 4.99. The standard InChI is InChI=1S/C10H14N2O3S/c1-10(2,3)15-9(14)12-6-7(13)8-11-4-5-16-8/h4-5H,6H2,1-3H3,(H,12,14). The Kier molecular flexibility index (Phi) is 4.00. The number of rotatable bonds is 3. The molecule has 0 bridgehead atoms. The Morgan fingerprint density at radius 1 is 1.50 bits per heavy atom. The average Bonchev–Trinajstić information content (AvgIpc) is 2.64. The molecule has 5 nitrogen and oxygen atoms in total. The highest BCUT2D eigenvalue weighted by molar-refractivity contribution is 7.11. The Balaban J connectivity index is 2.35. The van der Waals surface area contributed by atoms with Crippen LogP contribution >= 0.6 is 11.3 Å². The van der Waals surface area contributed by atoms with E-state index >= 15 is 0 Å². The van der Waals surface area contributed by atoms with Crippen molar-refractivity contribution in [1.82, 2.24) is 10.3 Å². The van der Waals surface area contributed by atoms with Crippen LogP contribution in [0.3, 0.4) is 0 Å². The van der Waals surface area contributed by atoms with Gasteiger partial charge in [0.05, 0.1) is 6.54 Å². The molecule has 88 valence electrons. The highest BCUT2D eigenvalue weighted by Gasteiger charge is 2.17. The third-order valence-corrected chi connectivity index (χ3v) is 2.28. The van der Waals surface area contributed by atoms with Crippen LogP contribution in [0.15, 0.2) is 11.6 Å². The number of thiazole rings is 1. The predicted octanol–water partition coefficient (Wildman–Crippen LogP) is 1.85. The number of ether oxygens (including phenoxy) is 1. The van der Waals surface area contributed by atoms with E-state index in [4.69, 9.17) is 4.74 Å². The Morgan fingerprint density at radius 2 is 2.19 bits per heavy atom. The number of carbonyl (C=O) groups excluding carboxylic acids is 2. The van der Waals surface area contributed by atoms with Gasteiger partial charge in [-0.3, -0.25) is 4.79 Å². The number of hydrogen-bond donors (Lipinski definition) is 1. The molecule has 0 radical (unpaired) electrons. The molecule has 1 amide bonds. The Morgan fingerprint density at radius 3 is 2.69 bits per heavy atom. The molecule has 0 aromatic carbocycles. The van der Waals surface area contributed by atoms with Crippen molar-refractivity contribution in [3.63, 3.8) is 0 Å². The van der Waals surface area contributed by atoms with E-state index in [1.807, 2.05) is 0 Å². The van der Waals surface area contributed by atoms with E-state index < -0.39 is 11.7 Å². The van der Waals surface area contributed by atoms with Gasteiger partial charge in [-0.05, 0) is 20.8 Å². The van der Waals surface area contributed by atoms with Crippen LogP contribution < -0.4 is 5.32 Å². The lowest BCUT2D eigenvalue weighted by atomic mass is 10.2. The topological polar surface area (TPSA) is 68.3 Å². The maximum absolute atomic E-state index is 11.5. The van der Waals surface area contributed by atoms with Crippen molar-refractivity contribution in [2.75, 3.05) is 6.54 Å². The molecule has 6 heteroatoms. The number of nitrogens with one attached hydrogen (secondary N) is 1. The fourth-order valence-electron chi connectivity index (χ4n) is 0.903. The summed E-state index contributed by atoms with van der Waals surface area (Å²) in [6.07, 6.45) is 0.947. The first-order valence-corrected chi connectivity index (χ1v) is 5.66. The van der Waals surface area contributed by atoms with Gasteiger partial charge in [-0.2, -0.15) is 0 Å². The molecular formula is C10H14N2O3S. The minimum Gasteiger partial charge on any atom is -0.444 e. The average molecular weight is 242 g/mol. The van der Waals surface area contributed by atoms with Crippen molar-refractivity contribution in [1.29, 1.82) is 0 Å². The SMILES string of the molecule is CC(C)(C)OC(=O)NCC(=O)c1nccs1. The third-order valence-electron chi connectivity index (χ3n) is 1.46. The first-order valence-electron chi connectivity index (χ1n) is 4.78. The van der Waals surface area contributed by atoms with Gasteiger partial charge in [0.1, 0.15) is 5.60 Å². The van der Waals surface area contributed by atoms with Crippen molar-refractivity contribution in [3.8, 4) is 0 Å². The van der Waals surface area contributed by atoms with E-state index in [0.29, 0.717) is 5.01 Å². The molecule has 0 saturated carbocycles. The lowest BCUT2D eigenvalue weighted by Gasteiger charge is -2.19. The number of hydrogen-bond acceptors (Lipinski definition) is 5. The van der Waals surface area contributed by atoms with Gasteiger partial charge in [0.15, 0.2) is 5.01 Å². The van der Waals surface area contributed by atoms with Crippen LogP contribution in [0.1, 0.15) is 30.6 Å². The normalized spacial score (nSPS) is 10.9. The first kappa shape index (κ1) is 12.6. The molecule has 0 spiro atoms. The summed E-state index contributed by atoms with van der Waals surface area (Å²) in [6, 6.07) is 0. The minimum absolute atomic E-state index is 0.0948. The second-order valence-corrected chi connectivity index (χ2v) is 5.01. The number of alkyl carbamates (subject to hydrolysis) is 1. The zero-order chi connectivity index (χ0) is 12.2. The highest BCUT2D eigenvalue weighted by atomic mass is 32.1. The van der Waals surface area contributed by atoms with Crippen LogP contribution in [0, 0.1) is 0 Å². The minimum atomic E-state index is -0.600. The van der Waals surface area contributed by atoms with Gasteiger partial charge < -0.3 is 10.1 Å². The summed E-state index contributed by atoms with van der Waals surface area (Å²) in [5.41, 5.74) is -0.561. The van der Waals surface area contributed by atoms with Crippen LogP contribution in [-0.2, 0) is 4.74 Å². The Hall–Kier alpha value is -1.43. The smallest absolute Gasteiger partial charge is 0.408 e. The fraction of sp³-hybridized carbons (Fsp3) is 0.500. The Labute approximate surface area is 97.8 Å². The van der Waals surface area contributed by atoms with Crippen molar-refractivity contribution in [2.24, 2.45) is 0 Å². The lowest BCUT2D eigenvalue weighted by Crippen LogP contribution is -2.35. The number of ketones is 1. The zero-order valence-electron chi connectivity index (χ0n) is 9.44. The second-order valence-electron chi connectivity index (χ2n) is 4.12. The molecule has 0 fully saturated rings. The van der Waals surface area contributed by atoms with Crippen LogP contribution in [0.4, 0.5) is 4.79 Å². The summed E-state index contributed by atoms with van der Waals surface area (Å²) in [7, 11) is 0. The molecule has 1 rings (SSSR count). The van der Waals surface area contributed by atoms with E-state index in [1.54, 1.807) is 32.3 Å². The molecule has 0 aliphatic rings. The van der Waals surface area contributed by atoms with Crippen LogP contribution in [0.25, 0.3) is 0 Å². The van der Waals surface area contributed by atoms with E-state index in [2.05, 4.69) is 10.3 Å². The molecule has 0 unspecified atom stereocenters. The molecule has 0 aliphatic heterocycles. The van der Waals surface area contributed by atoms with Crippen LogP contribution in [0.2, 0.25) is 0 Å². The van der Waals surface area contributed by atoms with Crippen molar-refractivity contribution < 1.29 is 14.3 Å². The van der Waals surface area contributed by atoms with E-state index in [0.717, 1.165) is 0 Å². The van der Waals surface area contributed by atoms with Crippen molar-refractivity contribution >= 4 is 23.2 Å². The van der Waals surface area contributed by atoms with Gasteiger partial charge >= 0.3 is 6.09 Å². The molecule has 1 aromatic heterocycles. The van der Waals surface area contributed by atoms with Gasteiger partial charge in [0.2, 0.25) is 5.78 Å². The van der Waals surface area contributed by atoms with Crippen molar-refractivity contribution in [3.05, 3.63) is 16.6 Å². The number of aromatic nitrogens is 1. The van der Waals surface area contributed by atoms with Gasteiger partial charge in [0, 0.05) is 11.6 Å². The van der Waals surface area contributed by atoms with Crippen LogP contribution in [-0.4, -0.2) is 29.0 Å². The molecule has 0 saturated heterocycles. The molecule has 1 heterocycles.